The van der Waals surface area contributed by atoms with Crippen molar-refractivity contribution in [3.8, 4) is 11.1 Å². The van der Waals surface area contributed by atoms with E-state index in [-0.39, 0.29) is 17.5 Å². The van der Waals surface area contributed by atoms with Crippen molar-refractivity contribution >= 4 is 16.9 Å². The van der Waals surface area contributed by atoms with Crippen LogP contribution in [0.15, 0.2) is 51.8 Å². The van der Waals surface area contributed by atoms with Crippen LogP contribution in [-0.2, 0) is 22.4 Å². The summed E-state index contributed by atoms with van der Waals surface area (Å²) in [6.07, 6.45) is 12.6. The number of fused-ring (bicyclic) bond motifs is 1. The maximum atomic E-state index is 12.7. The van der Waals surface area contributed by atoms with E-state index >= 15 is 0 Å². The van der Waals surface area contributed by atoms with E-state index in [1.165, 1.54) is 18.4 Å². The number of esters is 1. The van der Waals surface area contributed by atoms with E-state index in [9.17, 15) is 9.59 Å². The van der Waals surface area contributed by atoms with E-state index in [0.29, 0.717) is 17.8 Å². The molecule has 0 bridgehead atoms. The minimum absolute atomic E-state index is 0.0544. The summed E-state index contributed by atoms with van der Waals surface area (Å²) in [7, 11) is 0. The highest BCUT2D eigenvalue weighted by molar-refractivity contribution is 5.81. The molecule has 0 amide bonds. The third-order valence-corrected chi connectivity index (χ3v) is 6.30. The van der Waals surface area contributed by atoms with E-state index in [0.717, 1.165) is 68.0 Å². The largest absolute Gasteiger partial charge is 0.465 e. The van der Waals surface area contributed by atoms with Gasteiger partial charge in [-0.15, -0.1) is 0 Å². The second-order valence-corrected chi connectivity index (χ2v) is 9.65. The summed E-state index contributed by atoms with van der Waals surface area (Å²) in [6, 6.07) is 12.0. The highest BCUT2D eigenvalue weighted by Gasteiger charge is 2.10. The van der Waals surface area contributed by atoms with Crippen molar-refractivity contribution in [2.75, 3.05) is 6.61 Å². The van der Waals surface area contributed by atoms with Crippen LogP contribution in [0.5, 0.6) is 0 Å². The molecule has 0 aliphatic heterocycles. The van der Waals surface area contributed by atoms with Gasteiger partial charge in [-0.25, -0.2) is 4.79 Å². The number of benzene rings is 1. The molecule has 3 aromatic rings. The van der Waals surface area contributed by atoms with Gasteiger partial charge in [-0.05, 0) is 49.3 Å². The lowest BCUT2D eigenvalue weighted by Gasteiger charge is -2.07. The first kappa shape index (κ1) is 26.7. The molecule has 0 saturated heterocycles. The smallest absolute Gasteiger partial charge is 0.344 e. The number of unbranched alkanes of at least 4 members (excludes halogenated alkanes) is 6. The van der Waals surface area contributed by atoms with Crippen LogP contribution in [0, 0.1) is 5.92 Å². The number of carbonyl (C=O) groups excluding carboxylic acids is 1. The Hall–Kier alpha value is -2.95. The van der Waals surface area contributed by atoms with Crippen LogP contribution in [0.1, 0.15) is 83.4 Å². The van der Waals surface area contributed by atoms with Crippen LogP contribution in [0.2, 0.25) is 0 Å². The van der Waals surface area contributed by atoms with Gasteiger partial charge in [-0.1, -0.05) is 77.1 Å². The van der Waals surface area contributed by atoms with Crippen LogP contribution in [0.25, 0.3) is 22.1 Å². The Bertz CT molecular complexity index is 1130. The van der Waals surface area contributed by atoms with Crippen molar-refractivity contribution in [1.82, 2.24) is 4.98 Å². The Kier molecular flexibility index (Phi) is 10.5. The number of nitrogens with zero attached hydrogens (tertiary/aromatic N) is 1. The SMILES string of the molecule is CCCCc1ccc(-c2cc3cnc(CCCCCCCCOC(=O)C(C)C)cc3oc2=O)cc1. The van der Waals surface area contributed by atoms with Gasteiger partial charge in [0.05, 0.1) is 18.1 Å². The van der Waals surface area contributed by atoms with Crippen LogP contribution >= 0.6 is 0 Å². The molecule has 188 valence electrons. The zero-order valence-electron chi connectivity index (χ0n) is 21.5. The maximum absolute atomic E-state index is 12.7. The molecule has 0 aliphatic carbocycles. The summed E-state index contributed by atoms with van der Waals surface area (Å²) in [5, 5.41) is 0.844. The molecule has 0 radical (unpaired) electrons. The van der Waals surface area contributed by atoms with Gasteiger partial charge in [0, 0.05) is 23.3 Å². The second-order valence-electron chi connectivity index (χ2n) is 9.65. The standard InChI is InChI=1S/C30H39NO4/c1-4-5-12-23-14-16-24(17-15-23)27-19-25-21-31-26(20-28(25)35-30(27)33)13-10-8-6-7-9-11-18-34-29(32)22(2)3/h14-17,19-22H,4-13,18H2,1-3H3. The normalized spacial score (nSPS) is 11.3. The molecule has 0 fully saturated rings. The Morgan fingerprint density at radius 1 is 0.943 bits per heavy atom. The number of pyridine rings is 1. The maximum Gasteiger partial charge on any atom is 0.344 e. The Morgan fingerprint density at radius 3 is 2.37 bits per heavy atom. The molecule has 2 heterocycles. The molecule has 3 rings (SSSR count). The number of carbonyl (C=O) groups is 1. The fourth-order valence-electron chi connectivity index (χ4n) is 4.08. The number of aryl methyl sites for hydroxylation is 2. The van der Waals surface area contributed by atoms with Gasteiger partial charge in [-0.3, -0.25) is 9.78 Å². The van der Waals surface area contributed by atoms with Gasteiger partial charge in [0.15, 0.2) is 0 Å². The summed E-state index contributed by atoms with van der Waals surface area (Å²) in [4.78, 5) is 28.7. The zero-order valence-corrected chi connectivity index (χ0v) is 21.5. The minimum atomic E-state index is -0.310. The first-order valence-electron chi connectivity index (χ1n) is 13.2. The molecular weight excluding hydrogens is 438 g/mol. The highest BCUT2D eigenvalue weighted by Crippen LogP contribution is 2.22. The Morgan fingerprint density at radius 2 is 1.66 bits per heavy atom. The fourth-order valence-corrected chi connectivity index (χ4v) is 4.08. The third kappa shape index (κ3) is 8.34. The van der Waals surface area contributed by atoms with E-state index in [2.05, 4.69) is 24.0 Å². The van der Waals surface area contributed by atoms with Crippen molar-refractivity contribution in [3.05, 3.63) is 64.3 Å². The Labute approximate surface area is 208 Å². The van der Waals surface area contributed by atoms with Crippen LogP contribution in [-0.4, -0.2) is 17.6 Å². The highest BCUT2D eigenvalue weighted by atomic mass is 16.5. The summed E-state index contributed by atoms with van der Waals surface area (Å²) in [6.45, 7) is 6.42. The topological polar surface area (TPSA) is 69.4 Å². The molecule has 0 spiro atoms. The molecule has 0 atom stereocenters. The molecule has 2 aromatic heterocycles. The molecule has 35 heavy (non-hydrogen) atoms. The van der Waals surface area contributed by atoms with Crippen LogP contribution < -0.4 is 5.63 Å². The molecule has 0 unspecified atom stereocenters. The lowest BCUT2D eigenvalue weighted by atomic mass is 10.0. The van der Waals surface area contributed by atoms with Gasteiger partial charge >= 0.3 is 11.6 Å². The number of hydrogen-bond acceptors (Lipinski definition) is 5. The van der Waals surface area contributed by atoms with Gasteiger partial charge in [-0.2, -0.15) is 0 Å². The summed E-state index contributed by atoms with van der Waals surface area (Å²) < 4.78 is 10.9. The Balaban J connectivity index is 1.46. The van der Waals surface area contributed by atoms with Crippen molar-refractivity contribution in [2.45, 2.75) is 85.0 Å². The van der Waals surface area contributed by atoms with E-state index in [1.54, 1.807) is 0 Å². The third-order valence-electron chi connectivity index (χ3n) is 6.30. The van der Waals surface area contributed by atoms with Crippen LogP contribution in [0.3, 0.4) is 0 Å². The summed E-state index contributed by atoms with van der Waals surface area (Å²) in [5.41, 5.74) is 3.99. The molecular formula is C30H39NO4. The zero-order chi connectivity index (χ0) is 25.0. The number of aromatic nitrogens is 1. The van der Waals surface area contributed by atoms with Crippen molar-refractivity contribution in [1.29, 1.82) is 0 Å². The summed E-state index contributed by atoms with van der Waals surface area (Å²) >= 11 is 0. The number of rotatable bonds is 14. The van der Waals surface area contributed by atoms with Gasteiger partial charge in [0.1, 0.15) is 5.58 Å². The first-order chi connectivity index (χ1) is 17.0. The molecule has 0 saturated carbocycles. The minimum Gasteiger partial charge on any atom is -0.465 e. The van der Waals surface area contributed by atoms with E-state index in [4.69, 9.17) is 9.15 Å². The fraction of sp³-hybridized carbons (Fsp3) is 0.500. The van der Waals surface area contributed by atoms with Crippen molar-refractivity contribution < 1.29 is 13.9 Å². The first-order valence-corrected chi connectivity index (χ1v) is 13.2. The lowest BCUT2D eigenvalue weighted by Crippen LogP contribution is -2.12. The average Bonchev–Trinajstić information content (AvgIpc) is 2.86. The predicted molar refractivity (Wildman–Crippen MR) is 142 cm³/mol. The van der Waals surface area contributed by atoms with Crippen molar-refractivity contribution in [3.63, 3.8) is 0 Å². The molecule has 5 heteroatoms. The number of hydrogen-bond donors (Lipinski definition) is 0. The summed E-state index contributed by atoms with van der Waals surface area (Å²) in [5.74, 6) is -0.169. The van der Waals surface area contributed by atoms with Gasteiger partial charge in [0.2, 0.25) is 0 Å². The monoisotopic (exact) mass is 477 g/mol. The lowest BCUT2D eigenvalue weighted by molar-refractivity contribution is -0.147. The van der Waals surface area contributed by atoms with Crippen molar-refractivity contribution in [2.24, 2.45) is 5.92 Å². The quantitative estimate of drug-likeness (QED) is 0.180. The molecule has 0 N–H and O–H groups in total. The number of ether oxygens (including phenoxy) is 1. The predicted octanol–water partition coefficient (Wildman–Crippen LogP) is 7.28. The van der Waals surface area contributed by atoms with E-state index < -0.39 is 0 Å². The van der Waals surface area contributed by atoms with Gasteiger partial charge in [0.25, 0.3) is 0 Å². The average molecular weight is 478 g/mol. The van der Waals surface area contributed by atoms with E-state index in [1.807, 2.05) is 44.3 Å². The molecule has 5 nitrogen and oxygen atoms in total. The molecule has 1 aromatic carbocycles. The molecule has 0 aliphatic rings. The van der Waals surface area contributed by atoms with Gasteiger partial charge < -0.3 is 9.15 Å². The second kappa shape index (κ2) is 13.8. The van der Waals surface area contributed by atoms with Crippen LogP contribution in [0.4, 0.5) is 0 Å².